The van der Waals surface area contributed by atoms with Crippen LogP contribution in [-0.4, -0.2) is 17.0 Å². The third-order valence-corrected chi connectivity index (χ3v) is 4.08. The second kappa shape index (κ2) is 8.33. The zero-order valence-electron chi connectivity index (χ0n) is 14.4. The number of nitro groups is 1. The molecule has 1 aromatic heterocycles. The van der Waals surface area contributed by atoms with E-state index in [0.29, 0.717) is 5.56 Å². The van der Waals surface area contributed by atoms with Gasteiger partial charge in [0.15, 0.2) is 0 Å². The number of non-ortho nitro benzene ring substituents is 1. The number of hydrogen-bond acceptors (Lipinski definition) is 6. The van der Waals surface area contributed by atoms with E-state index in [2.05, 4.69) is 10.5 Å². The van der Waals surface area contributed by atoms with Gasteiger partial charge in [0.25, 0.3) is 11.6 Å². The quantitative estimate of drug-likeness (QED) is 0.380. The van der Waals surface area contributed by atoms with Crippen molar-refractivity contribution in [1.29, 1.82) is 5.26 Å². The van der Waals surface area contributed by atoms with Gasteiger partial charge in [-0.1, -0.05) is 11.6 Å². The fourth-order valence-electron chi connectivity index (χ4n) is 2.37. The molecule has 0 radical (unpaired) electrons. The molecule has 29 heavy (non-hydrogen) atoms. The molecule has 0 aliphatic heterocycles. The highest BCUT2D eigenvalue weighted by molar-refractivity contribution is 6.33. The van der Waals surface area contributed by atoms with Gasteiger partial charge >= 0.3 is 0 Å². The summed E-state index contributed by atoms with van der Waals surface area (Å²) in [6.07, 6.45) is 1.17. The molecule has 1 amide bonds. The Labute approximate surface area is 168 Å². The summed E-state index contributed by atoms with van der Waals surface area (Å²) in [5.74, 6) is -1.16. The minimum atomic E-state index is -0.850. The molecule has 1 heterocycles. The Balaban J connectivity index is 1.73. The Morgan fingerprint density at radius 3 is 2.76 bits per heavy atom. The van der Waals surface area contributed by atoms with Crippen molar-refractivity contribution in [3.63, 3.8) is 0 Å². The fourth-order valence-corrected chi connectivity index (χ4v) is 2.58. The van der Waals surface area contributed by atoms with Crippen LogP contribution in [0.25, 0.3) is 11.3 Å². The molecule has 0 fully saturated rings. The average Bonchev–Trinajstić information content (AvgIpc) is 3.16. The summed E-state index contributed by atoms with van der Waals surface area (Å²) in [6.45, 7) is 0. The van der Waals surface area contributed by atoms with Crippen molar-refractivity contribution in [2.24, 2.45) is 5.10 Å². The van der Waals surface area contributed by atoms with Crippen LogP contribution >= 0.6 is 11.6 Å². The second-order valence-electron chi connectivity index (χ2n) is 5.63. The standard InChI is InChI=1S/C19H10ClFN4O4/c20-16-5-2-12(25(27)28)8-15(16)18-6-3-13(29-18)10-23-24-19(26)14-4-1-11(9-22)7-17(14)21/h1-8,10H,(H,24,26)/b23-10-. The van der Waals surface area contributed by atoms with E-state index in [1.807, 2.05) is 0 Å². The summed E-state index contributed by atoms with van der Waals surface area (Å²) in [4.78, 5) is 22.3. The number of hydrogen-bond donors (Lipinski definition) is 1. The number of benzene rings is 2. The number of nitriles is 1. The van der Waals surface area contributed by atoms with Gasteiger partial charge in [0, 0.05) is 17.7 Å². The number of hydrazone groups is 1. The molecule has 3 aromatic rings. The van der Waals surface area contributed by atoms with E-state index in [-0.39, 0.29) is 33.4 Å². The Bertz CT molecular complexity index is 1180. The molecule has 0 spiro atoms. The average molecular weight is 413 g/mol. The van der Waals surface area contributed by atoms with E-state index < -0.39 is 16.6 Å². The highest BCUT2D eigenvalue weighted by atomic mass is 35.5. The smallest absolute Gasteiger partial charge is 0.274 e. The first kappa shape index (κ1) is 19.7. The summed E-state index contributed by atoms with van der Waals surface area (Å²) in [6, 6.07) is 12.2. The molecule has 0 saturated heterocycles. The van der Waals surface area contributed by atoms with Crippen LogP contribution < -0.4 is 5.43 Å². The topological polar surface area (TPSA) is 122 Å². The number of nitrogens with zero attached hydrogens (tertiary/aromatic N) is 3. The maximum absolute atomic E-state index is 13.8. The summed E-state index contributed by atoms with van der Waals surface area (Å²) >= 11 is 6.07. The van der Waals surface area contributed by atoms with Crippen molar-refractivity contribution < 1.29 is 18.5 Å². The number of carbonyl (C=O) groups is 1. The van der Waals surface area contributed by atoms with Crippen LogP contribution in [0.1, 0.15) is 21.7 Å². The van der Waals surface area contributed by atoms with Crippen molar-refractivity contribution in [1.82, 2.24) is 5.43 Å². The summed E-state index contributed by atoms with van der Waals surface area (Å²) in [5, 5.41) is 23.6. The largest absolute Gasteiger partial charge is 0.455 e. The Morgan fingerprint density at radius 2 is 2.07 bits per heavy atom. The molecule has 0 atom stereocenters. The zero-order chi connectivity index (χ0) is 21.0. The van der Waals surface area contributed by atoms with E-state index in [9.17, 15) is 19.3 Å². The number of rotatable bonds is 5. The number of amides is 1. The zero-order valence-corrected chi connectivity index (χ0v) is 15.2. The lowest BCUT2D eigenvalue weighted by Crippen LogP contribution is -2.19. The Morgan fingerprint density at radius 1 is 1.28 bits per heavy atom. The molecule has 8 nitrogen and oxygen atoms in total. The molecule has 0 unspecified atom stereocenters. The SMILES string of the molecule is N#Cc1ccc(C(=O)N/N=C\c2ccc(-c3cc([N+](=O)[O-])ccc3Cl)o2)c(F)c1. The van der Waals surface area contributed by atoms with E-state index in [0.717, 1.165) is 6.07 Å². The van der Waals surface area contributed by atoms with Gasteiger partial charge in [-0.25, -0.2) is 9.82 Å². The number of furan rings is 1. The minimum absolute atomic E-state index is 0.0884. The molecule has 0 saturated carbocycles. The lowest BCUT2D eigenvalue weighted by atomic mass is 10.1. The molecule has 10 heteroatoms. The Hall–Kier alpha value is -4.03. The first-order valence-corrected chi connectivity index (χ1v) is 8.34. The third kappa shape index (κ3) is 4.45. The van der Waals surface area contributed by atoms with E-state index in [1.54, 1.807) is 6.07 Å². The summed E-state index contributed by atoms with van der Waals surface area (Å²) < 4.78 is 19.3. The Kier molecular flexibility index (Phi) is 5.66. The van der Waals surface area contributed by atoms with E-state index in [4.69, 9.17) is 21.3 Å². The third-order valence-electron chi connectivity index (χ3n) is 3.75. The molecular weight excluding hydrogens is 403 g/mol. The normalized spacial score (nSPS) is 10.7. The van der Waals surface area contributed by atoms with Gasteiger partial charge in [0.1, 0.15) is 17.3 Å². The monoisotopic (exact) mass is 412 g/mol. The van der Waals surface area contributed by atoms with Gasteiger partial charge in [-0.15, -0.1) is 0 Å². The van der Waals surface area contributed by atoms with Crippen molar-refractivity contribution in [3.05, 3.63) is 86.4 Å². The second-order valence-corrected chi connectivity index (χ2v) is 6.04. The van der Waals surface area contributed by atoms with Crippen molar-refractivity contribution in [2.75, 3.05) is 0 Å². The number of halogens is 2. The fraction of sp³-hybridized carbons (Fsp3) is 0. The molecule has 3 rings (SSSR count). The summed E-state index contributed by atoms with van der Waals surface area (Å²) in [7, 11) is 0. The number of nitrogens with one attached hydrogen (secondary N) is 1. The van der Waals surface area contributed by atoms with Gasteiger partial charge in [-0.2, -0.15) is 10.4 Å². The van der Waals surface area contributed by atoms with Gasteiger partial charge in [-0.3, -0.25) is 14.9 Å². The predicted molar refractivity (Wildman–Crippen MR) is 102 cm³/mol. The maximum Gasteiger partial charge on any atom is 0.274 e. The lowest BCUT2D eigenvalue weighted by molar-refractivity contribution is -0.384. The predicted octanol–water partition coefficient (Wildman–Crippen LogP) is 4.28. The van der Waals surface area contributed by atoms with Gasteiger partial charge in [-0.05, 0) is 36.4 Å². The van der Waals surface area contributed by atoms with Crippen molar-refractivity contribution >= 4 is 29.4 Å². The van der Waals surface area contributed by atoms with Gasteiger partial charge in [0.2, 0.25) is 0 Å². The van der Waals surface area contributed by atoms with E-state index >= 15 is 0 Å². The highest BCUT2D eigenvalue weighted by Gasteiger charge is 2.14. The van der Waals surface area contributed by atoms with Crippen LogP contribution in [0.4, 0.5) is 10.1 Å². The number of nitro benzene ring substituents is 1. The van der Waals surface area contributed by atoms with Crippen LogP contribution in [0.5, 0.6) is 0 Å². The molecule has 1 N–H and O–H groups in total. The molecular formula is C19H10ClFN4O4. The van der Waals surface area contributed by atoms with Crippen LogP contribution in [0.2, 0.25) is 5.02 Å². The maximum atomic E-state index is 13.8. The van der Waals surface area contributed by atoms with Crippen molar-refractivity contribution in [3.8, 4) is 17.4 Å². The van der Waals surface area contributed by atoms with Crippen LogP contribution in [-0.2, 0) is 0 Å². The van der Waals surface area contributed by atoms with Gasteiger partial charge in [0.05, 0.1) is 33.4 Å². The van der Waals surface area contributed by atoms with E-state index in [1.165, 1.54) is 48.7 Å². The summed E-state index contributed by atoms with van der Waals surface area (Å²) in [5.41, 5.74) is 2.14. The highest BCUT2D eigenvalue weighted by Crippen LogP contribution is 2.32. The minimum Gasteiger partial charge on any atom is -0.455 e. The first-order chi connectivity index (χ1) is 13.9. The van der Waals surface area contributed by atoms with Crippen molar-refractivity contribution in [2.45, 2.75) is 0 Å². The number of carbonyl (C=O) groups excluding carboxylic acids is 1. The molecule has 0 bridgehead atoms. The van der Waals surface area contributed by atoms with Gasteiger partial charge < -0.3 is 4.42 Å². The van der Waals surface area contributed by atoms with Crippen LogP contribution in [0.3, 0.4) is 0 Å². The van der Waals surface area contributed by atoms with Crippen LogP contribution in [0.15, 0.2) is 58.0 Å². The molecule has 144 valence electrons. The lowest BCUT2D eigenvalue weighted by Gasteiger charge is -2.01. The molecule has 0 aliphatic rings. The first-order valence-electron chi connectivity index (χ1n) is 7.96. The molecule has 2 aromatic carbocycles. The molecule has 0 aliphatic carbocycles. The van der Waals surface area contributed by atoms with Crippen LogP contribution in [0, 0.1) is 27.3 Å².